The second-order valence-corrected chi connectivity index (χ2v) is 5.67. The van der Waals surface area contributed by atoms with Gasteiger partial charge >= 0.3 is 5.97 Å². The molecule has 3 rings (SSSR count). The Morgan fingerprint density at radius 1 is 1.12 bits per heavy atom. The first-order valence-electron chi connectivity index (χ1n) is 8.27. The molecule has 0 bridgehead atoms. The summed E-state index contributed by atoms with van der Waals surface area (Å²) < 4.78 is 6.69. The molecule has 25 heavy (non-hydrogen) atoms. The number of carbonyl (C=O) groups excluding carboxylic acids is 1. The predicted octanol–water partition coefficient (Wildman–Crippen LogP) is 2.95. The number of hydrogen-bond donors (Lipinski definition) is 0. The Balaban J connectivity index is 1.94. The van der Waals surface area contributed by atoms with Crippen molar-refractivity contribution in [2.75, 3.05) is 0 Å². The second-order valence-electron chi connectivity index (χ2n) is 5.67. The molecule has 0 radical (unpaired) electrons. The van der Waals surface area contributed by atoms with Crippen LogP contribution in [0.4, 0.5) is 0 Å². The number of fused-ring (bicyclic) bond motifs is 1. The molecule has 2 heterocycles. The molecule has 0 fully saturated rings. The van der Waals surface area contributed by atoms with Crippen molar-refractivity contribution in [3.05, 3.63) is 70.4 Å². The van der Waals surface area contributed by atoms with Gasteiger partial charge in [0.2, 0.25) is 0 Å². The van der Waals surface area contributed by atoms with Crippen LogP contribution in [-0.2, 0) is 17.9 Å². The minimum atomic E-state index is -0.563. The van der Waals surface area contributed by atoms with Crippen LogP contribution >= 0.6 is 0 Å². The Morgan fingerprint density at radius 3 is 2.60 bits per heavy atom. The van der Waals surface area contributed by atoms with E-state index < -0.39 is 5.97 Å². The molecular formula is C19H19N3O3. The van der Waals surface area contributed by atoms with Crippen LogP contribution in [0.3, 0.4) is 0 Å². The van der Waals surface area contributed by atoms with E-state index in [0.717, 1.165) is 12.8 Å². The van der Waals surface area contributed by atoms with Crippen LogP contribution in [0.25, 0.3) is 10.8 Å². The molecule has 1 aromatic carbocycles. The van der Waals surface area contributed by atoms with Crippen LogP contribution < -0.4 is 5.56 Å². The van der Waals surface area contributed by atoms with Gasteiger partial charge in [-0.15, -0.1) is 0 Å². The van der Waals surface area contributed by atoms with Crippen molar-refractivity contribution in [2.24, 2.45) is 0 Å². The molecule has 0 saturated heterocycles. The van der Waals surface area contributed by atoms with Crippen molar-refractivity contribution in [2.45, 2.75) is 32.9 Å². The summed E-state index contributed by atoms with van der Waals surface area (Å²) in [5.41, 5.74) is 0.618. The van der Waals surface area contributed by atoms with Crippen LogP contribution in [0.2, 0.25) is 0 Å². The fraction of sp³-hybridized carbons (Fsp3) is 0.263. The van der Waals surface area contributed by atoms with Gasteiger partial charge in [-0.05, 0) is 24.6 Å². The van der Waals surface area contributed by atoms with Crippen LogP contribution in [0.5, 0.6) is 0 Å². The first kappa shape index (κ1) is 16.8. The normalized spacial score (nSPS) is 10.8. The maximum Gasteiger partial charge on any atom is 0.359 e. The molecule has 6 heteroatoms. The lowest BCUT2D eigenvalue weighted by molar-refractivity contribution is 0.0460. The number of esters is 1. The lowest BCUT2D eigenvalue weighted by atomic mass is 10.1. The van der Waals surface area contributed by atoms with Crippen molar-refractivity contribution in [3.63, 3.8) is 0 Å². The van der Waals surface area contributed by atoms with E-state index in [1.807, 2.05) is 13.0 Å². The summed E-state index contributed by atoms with van der Waals surface area (Å²) in [6, 6.07) is 12.4. The molecule has 0 aliphatic carbocycles. The van der Waals surface area contributed by atoms with Crippen molar-refractivity contribution in [3.8, 4) is 0 Å². The standard InChI is InChI=1S/C19H19N3O3/c1-2-3-12-22-18(23)16-10-5-4-9-15(16)17(21-22)19(24)25-13-14-8-6-7-11-20-14/h4-11H,2-3,12-13H2,1H3. The number of pyridine rings is 1. The Bertz CT molecular complexity index is 936. The Hall–Kier alpha value is -3.02. The van der Waals surface area contributed by atoms with Crippen LogP contribution in [0, 0.1) is 0 Å². The zero-order chi connectivity index (χ0) is 17.6. The molecule has 0 N–H and O–H groups in total. The first-order chi connectivity index (χ1) is 12.2. The largest absolute Gasteiger partial charge is 0.454 e. The van der Waals surface area contributed by atoms with E-state index in [9.17, 15) is 9.59 Å². The van der Waals surface area contributed by atoms with Gasteiger partial charge in [-0.3, -0.25) is 9.78 Å². The van der Waals surface area contributed by atoms with Gasteiger partial charge < -0.3 is 4.74 Å². The summed E-state index contributed by atoms with van der Waals surface area (Å²) in [4.78, 5) is 29.2. The molecule has 6 nitrogen and oxygen atoms in total. The third-order valence-corrected chi connectivity index (χ3v) is 3.86. The van der Waals surface area contributed by atoms with Crippen molar-refractivity contribution in [1.29, 1.82) is 0 Å². The summed E-state index contributed by atoms with van der Waals surface area (Å²) in [6.45, 7) is 2.57. The molecule has 0 unspecified atom stereocenters. The van der Waals surface area contributed by atoms with E-state index in [1.165, 1.54) is 4.68 Å². The summed E-state index contributed by atoms with van der Waals surface area (Å²) >= 11 is 0. The molecule has 0 aliphatic heterocycles. The van der Waals surface area contributed by atoms with E-state index >= 15 is 0 Å². The van der Waals surface area contributed by atoms with Crippen LogP contribution in [-0.4, -0.2) is 20.7 Å². The number of hydrogen-bond acceptors (Lipinski definition) is 5. The van der Waals surface area contributed by atoms with Gasteiger partial charge in [0.1, 0.15) is 6.61 Å². The van der Waals surface area contributed by atoms with Gasteiger partial charge in [0, 0.05) is 18.1 Å². The number of unbranched alkanes of at least 4 members (excludes halogenated alkanes) is 1. The van der Waals surface area contributed by atoms with Crippen LogP contribution in [0.15, 0.2) is 53.5 Å². The van der Waals surface area contributed by atoms with Crippen molar-refractivity contribution >= 4 is 16.7 Å². The molecule has 3 aromatic rings. The average molecular weight is 337 g/mol. The van der Waals surface area contributed by atoms with E-state index in [1.54, 1.807) is 42.6 Å². The molecule has 0 aliphatic rings. The number of rotatable bonds is 6. The minimum absolute atomic E-state index is 0.0593. The van der Waals surface area contributed by atoms with Gasteiger partial charge in [-0.2, -0.15) is 5.10 Å². The molecule has 2 aromatic heterocycles. The van der Waals surface area contributed by atoms with Crippen molar-refractivity contribution < 1.29 is 9.53 Å². The van der Waals surface area contributed by atoms with Crippen molar-refractivity contribution in [1.82, 2.24) is 14.8 Å². The fourth-order valence-electron chi connectivity index (χ4n) is 2.54. The van der Waals surface area contributed by atoms with Gasteiger partial charge in [-0.1, -0.05) is 37.6 Å². The number of aryl methyl sites for hydroxylation is 1. The third-order valence-electron chi connectivity index (χ3n) is 3.86. The Kier molecular flexibility index (Phi) is 5.18. The highest BCUT2D eigenvalue weighted by molar-refractivity contribution is 6.02. The minimum Gasteiger partial charge on any atom is -0.454 e. The SMILES string of the molecule is CCCCn1nc(C(=O)OCc2ccccn2)c2ccccc2c1=O. The number of nitrogens with zero attached hydrogens (tertiary/aromatic N) is 3. The Labute approximate surface area is 145 Å². The highest BCUT2D eigenvalue weighted by Gasteiger charge is 2.18. The maximum atomic E-state index is 12.5. The number of aromatic nitrogens is 3. The summed E-state index contributed by atoms with van der Waals surface area (Å²) in [6.07, 6.45) is 3.38. The highest BCUT2D eigenvalue weighted by atomic mass is 16.5. The average Bonchev–Trinajstić information content (AvgIpc) is 2.66. The number of benzene rings is 1. The topological polar surface area (TPSA) is 74.1 Å². The van der Waals surface area contributed by atoms with E-state index in [-0.39, 0.29) is 17.9 Å². The van der Waals surface area contributed by atoms with E-state index in [2.05, 4.69) is 10.1 Å². The predicted molar refractivity (Wildman–Crippen MR) is 94.3 cm³/mol. The number of carbonyl (C=O) groups is 1. The Morgan fingerprint density at radius 2 is 1.88 bits per heavy atom. The first-order valence-corrected chi connectivity index (χ1v) is 8.27. The van der Waals surface area contributed by atoms with Crippen LogP contribution in [0.1, 0.15) is 35.9 Å². The van der Waals surface area contributed by atoms with E-state index in [4.69, 9.17) is 4.74 Å². The molecule has 0 atom stereocenters. The lowest BCUT2D eigenvalue weighted by Crippen LogP contribution is -2.26. The highest BCUT2D eigenvalue weighted by Crippen LogP contribution is 2.15. The summed E-state index contributed by atoms with van der Waals surface area (Å²) in [5, 5.41) is 5.24. The summed E-state index contributed by atoms with van der Waals surface area (Å²) in [5.74, 6) is -0.563. The van der Waals surface area contributed by atoms with Gasteiger partial charge in [0.25, 0.3) is 5.56 Å². The second kappa shape index (κ2) is 7.70. The molecule has 0 saturated carbocycles. The quantitative estimate of drug-likeness (QED) is 0.647. The van der Waals surface area contributed by atoms with Gasteiger partial charge in [-0.25, -0.2) is 9.48 Å². The van der Waals surface area contributed by atoms with E-state index in [0.29, 0.717) is 23.0 Å². The van der Waals surface area contributed by atoms with Gasteiger partial charge in [0.05, 0.1) is 11.1 Å². The van der Waals surface area contributed by atoms with Gasteiger partial charge in [0.15, 0.2) is 5.69 Å². The lowest BCUT2D eigenvalue weighted by Gasteiger charge is -2.10. The number of ether oxygens (including phenoxy) is 1. The summed E-state index contributed by atoms with van der Waals surface area (Å²) in [7, 11) is 0. The zero-order valence-corrected chi connectivity index (χ0v) is 14.0. The monoisotopic (exact) mass is 337 g/mol. The fourth-order valence-corrected chi connectivity index (χ4v) is 2.54. The smallest absolute Gasteiger partial charge is 0.359 e. The zero-order valence-electron chi connectivity index (χ0n) is 14.0. The molecular weight excluding hydrogens is 318 g/mol. The molecule has 128 valence electrons. The maximum absolute atomic E-state index is 12.5. The molecule has 0 amide bonds. The third kappa shape index (κ3) is 3.74. The molecule has 0 spiro atoms.